The van der Waals surface area contributed by atoms with Gasteiger partial charge in [0.1, 0.15) is 0 Å². The Morgan fingerprint density at radius 3 is 2.75 bits per heavy atom. The zero-order chi connectivity index (χ0) is 17.5. The minimum Gasteiger partial charge on any atom is -0.396 e. The van der Waals surface area contributed by atoms with Gasteiger partial charge in [-0.05, 0) is 57.5 Å². The van der Waals surface area contributed by atoms with Crippen LogP contribution in [0.5, 0.6) is 0 Å². The molecule has 2 fully saturated rings. The van der Waals surface area contributed by atoms with Gasteiger partial charge in [0.2, 0.25) is 10.0 Å². The van der Waals surface area contributed by atoms with Gasteiger partial charge < -0.3 is 10.0 Å². The van der Waals surface area contributed by atoms with Gasteiger partial charge in [0.25, 0.3) is 0 Å². The molecule has 0 aliphatic carbocycles. The molecule has 2 aliphatic rings. The van der Waals surface area contributed by atoms with Crippen LogP contribution in [-0.4, -0.2) is 62.1 Å². The highest BCUT2D eigenvalue weighted by molar-refractivity contribution is 7.89. The minimum absolute atomic E-state index is 0.0562. The molecule has 2 aliphatic heterocycles. The van der Waals surface area contributed by atoms with Crippen LogP contribution in [0.25, 0.3) is 0 Å². The molecule has 0 unspecified atom stereocenters. The average molecular weight is 373 g/mol. The summed E-state index contributed by atoms with van der Waals surface area (Å²) in [5.74, 6) is 0. The van der Waals surface area contributed by atoms with Crippen molar-refractivity contribution in [3.8, 4) is 0 Å². The van der Waals surface area contributed by atoms with Gasteiger partial charge in [0.05, 0.1) is 11.5 Å². The van der Waals surface area contributed by atoms with Gasteiger partial charge in [0, 0.05) is 29.6 Å². The van der Waals surface area contributed by atoms with Crippen molar-refractivity contribution in [1.82, 2.24) is 9.21 Å². The standard InChI is InChI=1S/C17H25ClN2O3S/c1-13-4-5-14(10-15(13)18)24(22,23)20-9-7-17(12-21)6-3-8-19(2)16(17)11-20/h4-5,10,16,21H,3,6-9,11-12H2,1-2H3/t16-,17-/m1/s1. The summed E-state index contributed by atoms with van der Waals surface area (Å²) in [4.78, 5) is 2.44. The lowest BCUT2D eigenvalue weighted by Gasteiger charge is -2.53. The quantitative estimate of drug-likeness (QED) is 0.882. The van der Waals surface area contributed by atoms with Crippen molar-refractivity contribution in [3.05, 3.63) is 28.8 Å². The molecule has 0 spiro atoms. The maximum absolute atomic E-state index is 13.0. The van der Waals surface area contributed by atoms with Crippen molar-refractivity contribution in [1.29, 1.82) is 0 Å². The lowest BCUT2D eigenvalue weighted by molar-refractivity contribution is -0.0508. The van der Waals surface area contributed by atoms with Gasteiger partial charge in [-0.3, -0.25) is 0 Å². The van der Waals surface area contributed by atoms with Crippen molar-refractivity contribution in [2.24, 2.45) is 5.41 Å². The molecule has 3 rings (SSSR count). The Kier molecular flexibility index (Phi) is 4.97. The van der Waals surface area contributed by atoms with E-state index >= 15 is 0 Å². The summed E-state index contributed by atoms with van der Waals surface area (Å²) in [5, 5.41) is 10.4. The SMILES string of the molecule is Cc1ccc(S(=O)(=O)N2CC[C@@]3(CO)CCCN(C)[C@@H]3C2)cc1Cl. The van der Waals surface area contributed by atoms with Crippen LogP contribution in [0.2, 0.25) is 5.02 Å². The van der Waals surface area contributed by atoms with Gasteiger partial charge in [-0.1, -0.05) is 17.7 Å². The predicted molar refractivity (Wildman–Crippen MR) is 94.7 cm³/mol. The molecule has 5 nitrogen and oxygen atoms in total. The minimum atomic E-state index is -3.57. The number of piperidine rings is 2. The number of sulfonamides is 1. The number of hydrogen-bond acceptors (Lipinski definition) is 4. The fourth-order valence-corrected chi connectivity index (χ4v) is 5.81. The Bertz CT molecular complexity index is 725. The first kappa shape index (κ1) is 18.1. The number of hydrogen-bond donors (Lipinski definition) is 1. The number of nitrogens with zero attached hydrogens (tertiary/aromatic N) is 2. The molecule has 134 valence electrons. The molecule has 1 aromatic carbocycles. The largest absolute Gasteiger partial charge is 0.396 e. The number of aliphatic hydroxyl groups is 1. The molecular weight excluding hydrogens is 348 g/mol. The molecule has 2 atom stereocenters. The van der Waals surface area contributed by atoms with Crippen LogP contribution < -0.4 is 0 Å². The summed E-state index contributed by atoms with van der Waals surface area (Å²) < 4.78 is 27.6. The molecule has 0 aromatic heterocycles. The summed E-state index contributed by atoms with van der Waals surface area (Å²) in [6.07, 6.45) is 2.70. The Morgan fingerprint density at radius 2 is 2.08 bits per heavy atom. The first-order valence-corrected chi connectivity index (χ1v) is 10.2. The van der Waals surface area contributed by atoms with E-state index in [0.29, 0.717) is 24.5 Å². The number of benzene rings is 1. The predicted octanol–water partition coefficient (Wildman–Crippen LogP) is 2.12. The third kappa shape index (κ3) is 2.99. The van der Waals surface area contributed by atoms with E-state index in [4.69, 9.17) is 11.6 Å². The highest BCUT2D eigenvalue weighted by atomic mass is 35.5. The maximum atomic E-state index is 13.0. The van der Waals surface area contributed by atoms with Crippen LogP contribution in [0.3, 0.4) is 0 Å². The van der Waals surface area contributed by atoms with Crippen LogP contribution >= 0.6 is 11.6 Å². The first-order valence-electron chi connectivity index (χ1n) is 8.37. The zero-order valence-corrected chi connectivity index (χ0v) is 15.8. The number of aliphatic hydroxyl groups excluding tert-OH is 1. The number of halogens is 1. The van der Waals surface area contributed by atoms with Crippen molar-refractivity contribution in [2.75, 3.05) is 33.3 Å². The van der Waals surface area contributed by atoms with Crippen LogP contribution in [0, 0.1) is 12.3 Å². The number of fused-ring (bicyclic) bond motifs is 1. The van der Waals surface area contributed by atoms with Crippen molar-refractivity contribution in [3.63, 3.8) is 0 Å². The topological polar surface area (TPSA) is 60.9 Å². The van der Waals surface area contributed by atoms with E-state index in [1.165, 1.54) is 6.07 Å². The van der Waals surface area contributed by atoms with E-state index in [1.807, 2.05) is 14.0 Å². The molecule has 0 bridgehead atoms. The molecule has 0 radical (unpaired) electrons. The second kappa shape index (κ2) is 6.57. The molecule has 0 saturated carbocycles. The van der Waals surface area contributed by atoms with Crippen molar-refractivity contribution in [2.45, 2.75) is 37.1 Å². The second-order valence-corrected chi connectivity index (χ2v) is 9.49. The second-order valence-electron chi connectivity index (χ2n) is 7.14. The maximum Gasteiger partial charge on any atom is 0.243 e. The Labute approximate surface area is 149 Å². The zero-order valence-electron chi connectivity index (χ0n) is 14.2. The van der Waals surface area contributed by atoms with E-state index in [2.05, 4.69) is 4.90 Å². The van der Waals surface area contributed by atoms with Crippen LogP contribution in [-0.2, 0) is 10.0 Å². The summed E-state index contributed by atoms with van der Waals surface area (Å²) in [6, 6.07) is 4.95. The Hall–Kier alpha value is -0.660. The van der Waals surface area contributed by atoms with Crippen LogP contribution in [0.15, 0.2) is 23.1 Å². The summed E-state index contributed by atoms with van der Waals surface area (Å²) in [6.45, 7) is 3.78. The summed E-state index contributed by atoms with van der Waals surface area (Å²) in [7, 11) is -1.55. The molecule has 2 heterocycles. The van der Waals surface area contributed by atoms with E-state index in [-0.39, 0.29) is 23.0 Å². The molecular formula is C17H25ClN2O3S. The number of likely N-dealkylation sites (N-methyl/N-ethyl adjacent to an activating group) is 1. The Morgan fingerprint density at radius 1 is 1.33 bits per heavy atom. The molecule has 0 amide bonds. The summed E-state index contributed by atoms with van der Waals surface area (Å²) in [5.41, 5.74) is 0.685. The molecule has 7 heteroatoms. The molecule has 2 saturated heterocycles. The van der Waals surface area contributed by atoms with Gasteiger partial charge in [-0.15, -0.1) is 0 Å². The third-order valence-corrected chi connectivity index (χ3v) is 8.02. The first-order chi connectivity index (χ1) is 11.3. The number of likely N-dealkylation sites (tertiary alicyclic amines) is 1. The van der Waals surface area contributed by atoms with Gasteiger partial charge in [-0.2, -0.15) is 4.31 Å². The fourth-order valence-electron chi connectivity index (χ4n) is 4.09. The van der Waals surface area contributed by atoms with Crippen molar-refractivity contribution < 1.29 is 13.5 Å². The molecule has 1 N–H and O–H groups in total. The Balaban J connectivity index is 1.89. The van der Waals surface area contributed by atoms with E-state index in [0.717, 1.165) is 24.9 Å². The van der Waals surface area contributed by atoms with Gasteiger partial charge >= 0.3 is 0 Å². The summed E-state index contributed by atoms with van der Waals surface area (Å²) >= 11 is 6.11. The van der Waals surface area contributed by atoms with Crippen molar-refractivity contribution >= 4 is 21.6 Å². The van der Waals surface area contributed by atoms with E-state index < -0.39 is 10.0 Å². The lowest BCUT2D eigenvalue weighted by Crippen LogP contribution is -2.62. The van der Waals surface area contributed by atoms with Crippen LogP contribution in [0.4, 0.5) is 0 Å². The van der Waals surface area contributed by atoms with Gasteiger partial charge in [-0.25, -0.2) is 8.42 Å². The number of aryl methyl sites for hydroxylation is 1. The monoisotopic (exact) mass is 372 g/mol. The highest BCUT2D eigenvalue weighted by Gasteiger charge is 2.48. The smallest absolute Gasteiger partial charge is 0.243 e. The average Bonchev–Trinajstić information content (AvgIpc) is 2.57. The van der Waals surface area contributed by atoms with E-state index in [1.54, 1.807) is 16.4 Å². The van der Waals surface area contributed by atoms with Crippen LogP contribution in [0.1, 0.15) is 24.8 Å². The third-order valence-electron chi connectivity index (χ3n) is 5.76. The normalized spacial score (nSPS) is 29.4. The number of rotatable bonds is 3. The van der Waals surface area contributed by atoms with Gasteiger partial charge in [0.15, 0.2) is 0 Å². The fraction of sp³-hybridized carbons (Fsp3) is 0.647. The lowest BCUT2D eigenvalue weighted by atomic mass is 9.69. The highest BCUT2D eigenvalue weighted by Crippen LogP contribution is 2.42. The molecule has 24 heavy (non-hydrogen) atoms. The molecule has 1 aromatic rings. The van der Waals surface area contributed by atoms with E-state index in [9.17, 15) is 13.5 Å².